The zero-order valence-electron chi connectivity index (χ0n) is 18.7. The molecule has 0 aliphatic carbocycles. The summed E-state index contributed by atoms with van der Waals surface area (Å²) >= 11 is 0. The Bertz CT molecular complexity index is 1060. The first kappa shape index (κ1) is 22.9. The van der Waals surface area contributed by atoms with Crippen LogP contribution in [-0.2, 0) is 11.2 Å². The van der Waals surface area contributed by atoms with Gasteiger partial charge in [0.1, 0.15) is 5.75 Å². The lowest BCUT2D eigenvalue weighted by atomic mass is 10.1. The van der Waals surface area contributed by atoms with E-state index in [-0.39, 0.29) is 18.4 Å². The molecule has 32 heavy (non-hydrogen) atoms. The molecule has 3 aromatic rings. The highest BCUT2D eigenvalue weighted by atomic mass is 16.5. The van der Waals surface area contributed by atoms with Crippen LogP contribution < -0.4 is 20.7 Å². The molecular formula is C26H29N3O3. The summed E-state index contributed by atoms with van der Waals surface area (Å²) in [4.78, 5) is 24.6. The van der Waals surface area contributed by atoms with Crippen molar-refractivity contribution < 1.29 is 14.3 Å². The maximum atomic E-state index is 12.4. The van der Waals surface area contributed by atoms with Gasteiger partial charge in [0.25, 0.3) is 5.91 Å². The normalized spacial score (nSPS) is 10.3. The van der Waals surface area contributed by atoms with Crippen molar-refractivity contribution in [3.05, 3.63) is 89.0 Å². The molecule has 3 rings (SSSR count). The summed E-state index contributed by atoms with van der Waals surface area (Å²) < 4.78 is 5.15. The predicted octanol–water partition coefficient (Wildman–Crippen LogP) is 4.34. The van der Waals surface area contributed by atoms with E-state index in [0.29, 0.717) is 17.8 Å². The number of carbonyl (C=O) groups excluding carboxylic acids is 2. The van der Waals surface area contributed by atoms with E-state index in [1.165, 1.54) is 5.56 Å². The molecule has 6 nitrogen and oxygen atoms in total. The van der Waals surface area contributed by atoms with Crippen LogP contribution in [0.5, 0.6) is 5.75 Å². The number of amides is 2. The van der Waals surface area contributed by atoms with Gasteiger partial charge >= 0.3 is 0 Å². The topological polar surface area (TPSA) is 79.5 Å². The van der Waals surface area contributed by atoms with Gasteiger partial charge in [-0.1, -0.05) is 29.8 Å². The minimum absolute atomic E-state index is 0.145. The zero-order chi connectivity index (χ0) is 22.9. The van der Waals surface area contributed by atoms with Gasteiger partial charge in [-0.15, -0.1) is 0 Å². The van der Waals surface area contributed by atoms with Crippen LogP contribution in [0.25, 0.3) is 0 Å². The number of anilines is 2. The van der Waals surface area contributed by atoms with E-state index in [9.17, 15) is 9.59 Å². The number of carbonyl (C=O) groups is 2. The van der Waals surface area contributed by atoms with Crippen molar-refractivity contribution in [1.82, 2.24) is 5.32 Å². The molecule has 0 saturated heterocycles. The molecular weight excluding hydrogens is 402 g/mol. The Morgan fingerprint density at radius 2 is 1.62 bits per heavy atom. The highest BCUT2D eigenvalue weighted by Crippen LogP contribution is 2.16. The Kier molecular flexibility index (Phi) is 7.86. The predicted molar refractivity (Wildman–Crippen MR) is 129 cm³/mol. The van der Waals surface area contributed by atoms with Crippen LogP contribution in [0, 0.1) is 13.8 Å². The summed E-state index contributed by atoms with van der Waals surface area (Å²) in [6, 6.07) is 20.7. The summed E-state index contributed by atoms with van der Waals surface area (Å²) in [7, 11) is 1.63. The molecule has 3 aromatic carbocycles. The maximum Gasteiger partial charge on any atom is 0.251 e. The van der Waals surface area contributed by atoms with E-state index >= 15 is 0 Å². The van der Waals surface area contributed by atoms with Gasteiger partial charge in [-0.05, 0) is 73.9 Å². The third kappa shape index (κ3) is 6.60. The van der Waals surface area contributed by atoms with E-state index < -0.39 is 0 Å². The molecule has 0 spiro atoms. The van der Waals surface area contributed by atoms with Crippen LogP contribution in [0.1, 0.15) is 27.0 Å². The number of aryl methyl sites for hydroxylation is 2. The summed E-state index contributed by atoms with van der Waals surface area (Å²) in [6.45, 7) is 4.74. The fourth-order valence-corrected chi connectivity index (χ4v) is 3.31. The quantitative estimate of drug-likeness (QED) is 0.471. The second-order valence-electron chi connectivity index (χ2n) is 7.65. The number of nitrogens with one attached hydrogen (secondary N) is 3. The lowest BCUT2D eigenvalue weighted by Crippen LogP contribution is -2.25. The number of hydrogen-bond donors (Lipinski definition) is 3. The van der Waals surface area contributed by atoms with Crippen molar-refractivity contribution in [2.24, 2.45) is 0 Å². The van der Waals surface area contributed by atoms with Gasteiger partial charge in [0.2, 0.25) is 5.91 Å². The molecule has 0 fully saturated rings. The van der Waals surface area contributed by atoms with Crippen molar-refractivity contribution >= 4 is 23.2 Å². The Morgan fingerprint density at radius 1 is 0.906 bits per heavy atom. The summed E-state index contributed by atoms with van der Waals surface area (Å²) in [5.74, 6) is 0.514. The minimum atomic E-state index is -0.151. The van der Waals surface area contributed by atoms with E-state index in [1.54, 1.807) is 31.4 Å². The first-order chi connectivity index (χ1) is 15.4. The molecule has 0 bridgehead atoms. The highest BCUT2D eigenvalue weighted by molar-refractivity contribution is 5.96. The van der Waals surface area contributed by atoms with Gasteiger partial charge in [0.15, 0.2) is 0 Å². The summed E-state index contributed by atoms with van der Waals surface area (Å²) in [6.07, 6.45) is 0.733. The largest absolute Gasteiger partial charge is 0.497 e. The monoisotopic (exact) mass is 431 g/mol. The van der Waals surface area contributed by atoms with Crippen molar-refractivity contribution in [2.75, 3.05) is 30.8 Å². The van der Waals surface area contributed by atoms with Crippen LogP contribution in [0.4, 0.5) is 11.4 Å². The second-order valence-corrected chi connectivity index (χ2v) is 7.65. The summed E-state index contributed by atoms with van der Waals surface area (Å²) in [5, 5.41) is 8.91. The third-order valence-corrected chi connectivity index (χ3v) is 5.11. The number of ether oxygens (including phenoxy) is 1. The van der Waals surface area contributed by atoms with E-state index in [1.807, 2.05) is 50.2 Å². The SMILES string of the molecule is COc1ccc(CCNC(=O)c2ccc(NC(=O)CNc3ccc(C)cc3C)cc2)cc1. The highest BCUT2D eigenvalue weighted by Gasteiger charge is 2.07. The smallest absolute Gasteiger partial charge is 0.251 e. The molecule has 0 atom stereocenters. The third-order valence-electron chi connectivity index (χ3n) is 5.11. The molecule has 6 heteroatoms. The average Bonchev–Trinajstić information content (AvgIpc) is 2.79. The van der Waals surface area contributed by atoms with Crippen molar-refractivity contribution in [2.45, 2.75) is 20.3 Å². The Hall–Kier alpha value is -3.80. The fraction of sp³-hybridized carbons (Fsp3) is 0.231. The molecule has 0 aliphatic heterocycles. The Balaban J connectivity index is 1.44. The Morgan fingerprint density at radius 3 is 2.28 bits per heavy atom. The Labute approximate surface area is 189 Å². The van der Waals surface area contributed by atoms with Crippen LogP contribution in [0.3, 0.4) is 0 Å². The maximum absolute atomic E-state index is 12.4. The van der Waals surface area contributed by atoms with Crippen LogP contribution in [0.2, 0.25) is 0 Å². The van der Waals surface area contributed by atoms with Crippen LogP contribution in [0.15, 0.2) is 66.7 Å². The first-order valence-corrected chi connectivity index (χ1v) is 10.6. The van der Waals surface area contributed by atoms with Gasteiger partial charge in [-0.2, -0.15) is 0 Å². The molecule has 0 aromatic heterocycles. The molecule has 0 heterocycles. The van der Waals surface area contributed by atoms with E-state index in [0.717, 1.165) is 29.0 Å². The minimum Gasteiger partial charge on any atom is -0.497 e. The molecule has 0 aliphatic rings. The van der Waals surface area contributed by atoms with Crippen molar-refractivity contribution in [3.63, 3.8) is 0 Å². The molecule has 0 saturated carbocycles. The van der Waals surface area contributed by atoms with Gasteiger partial charge < -0.3 is 20.7 Å². The van der Waals surface area contributed by atoms with E-state index in [4.69, 9.17) is 4.74 Å². The molecule has 2 amide bonds. The average molecular weight is 432 g/mol. The first-order valence-electron chi connectivity index (χ1n) is 10.6. The lowest BCUT2D eigenvalue weighted by molar-refractivity contribution is -0.114. The van der Waals surface area contributed by atoms with Gasteiger partial charge in [0, 0.05) is 23.5 Å². The van der Waals surface area contributed by atoms with Crippen molar-refractivity contribution in [3.8, 4) is 5.75 Å². The van der Waals surface area contributed by atoms with Crippen molar-refractivity contribution in [1.29, 1.82) is 0 Å². The van der Waals surface area contributed by atoms with Crippen LogP contribution >= 0.6 is 0 Å². The van der Waals surface area contributed by atoms with Gasteiger partial charge in [-0.3, -0.25) is 9.59 Å². The standard InChI is InChI=1S/C26H29N3O3/c1-18-4-13-24(19(2)16-18)28-17-25(30)29-22-9-7-21(8-10-22)26(31)27-15-14-20-5-11-23(32-3)12-6-20/h4-13,16,28H,14-15,17H2,1-3H3,(H,27,31)(H,29,30). The summed E-state index contributed by atoms with van der Waals surface area (Å²) in [5.41, 5.74) is 5.53. The second kappa shape index (κ2) is 11.0. The number of hydrogen-bond acceptors (Lipinski definition) is 4. The molecule has 0 unspecified atom stereocenters. The lowest BCUT2D eigenvalue weighted by Gasteiger charge is -2.11. The van der Waals surface area contributed by atoms with E-state index in [2.05, 4.69) is 22.0 Å². The number of benzene rings is 3. The molecule has 3 N–H and O–H groups in total. The van der Waals surface area contributed by atoms with Gasteiger partial charge in [0.05, 0.1) is 13.7 Å². The van der Waals surface area contributed by atoms with Crippen LogP contribution in [-0.4, -0.2) is 32.0 Å². The van der Waals surface area contributed by atoms with Gasteiger partial charge in [-0.25, -0.2) is 0 Å². The number of rotatable bonds is 9. The fourth-order valence-electron chi connectivity index (χ4n) is 3.31. The molecule has 0 radical (unpaired) electrons. The zero-order valence-corrected chi connectivity index (χ0v) is 18.7. The number of methoxy groups -OCH3 is 1. The molecule has 166 valence electrons.